The van der Waals surface area contributed by atoms with Gasteiger partial charge < -0.3 is 4.74 Å². The van der Waals surface area contributed by atoms with Crippen molar-refractivity contribution in [3.63, 3.8) is 0 Å². The summed E-state index contributed by atoms with van der Waals surface area (Å²) in [5.74, 6) is 0.733. The highest BCUT2D eigenvalue weighted by atomic mass is 79.9. The molecule has 1 saturated heterocycles. The molecule has 1 N–H and O–H groups in total. The van der Waals surface area contributed by atoms with Crippen LogP contribution in [0.1, 0.15) is 24.3 Å². The highest BCUT2D eigenvalue weighted by molar-refractivity contribution is 9.10. The Hall–Kier alpha value is -0.420. The summed E-state index contributed by atoms with van der Waals surface area (Å²) in [6, 6.07) is 9.40. The summed E-state index contributed by atoms with van der Waals surface area (Å²) in [5.41, 5.74) is 5.08. The Labute approximate surface area is 117 Å². The van der Waals surface area contributed by atoms with Gasteiger partial charge in [0.2, 0.25) is 0 Å². The zero-order valence-corrected chi connectivity index (χ0v) is 12.0. The van der Waals surface area contributed by atoms with E-state index < -0.39 is 0 Å². The number of nitrogens with one attached hydrogen (secondary N) is 1. The first kappa shape index (κ1) is 12.6. The SMILES string of the molecule is Brc1ccc(C2CC(NN3CCOCC3)C2)cc1. The summed E-state index contributed by atoms with van der Waals surface area (Å²) < 4.78 is 6.51. The molecule has 0 amide bonds. The molecular weight excluding hydrogens is 292 g/mol. The molecule has 0 unspecified atom stereocenters. The lowest BCUT2D eigenvalue weighted by Crippen LogP contribution is -2.53. The Morgan fingerprint density at radius 3 is 2.44 bits per heavy atom. The molecule has 0 bridgehead atoms. The third kappa shape index (κ3) is 2.94. The maximum absolute atomic E-state index is 5.35. The van der Waals surface area contributed by atoms with Crippen molar-refractivity contribution in [3.8, 4) is 0 Å². The number of morpholine rings is 1. The summed E-state index contributed by atoms with van der Waals surface area (Å²) in [6.07, 6.45) is 2.50. The monoisotopic (exact) mass is 310 g/mol. The molecule has 3 rings (SSSR count). The van der Waals surface area contributed by atoms with Crippen molar-refractivity contribution in [2.24, 2.45) is 0 Å². The molecule has 2 aliphatic rings. The van der Waals surface area contributed by atoms with Gasteiger partial charge in [-0.25, -0.2) is 5.01 Å². The Balaban J connectivity index is 1.46. The van der Waals surface area contributed by atoms with Crippen molar-refractivity contribution < 1.29 is 4.74 Å². The molecule has 1 aromatic rings. The van der Waals surface area contributed by atoms with E-state index in [0.29, 0.717) is 6.04 Å². The normalized spacial score (nSPS) is 28.9. The van der Waals surface area contributed by atoms with E-state index in [4.69, 9.17) is 4.74 Å². The maximum atomic E-state index is 5.35. The summed E-state index contributed by atoms with van der Waals surface area (Å²) >= 11 is 3.48. The first-order valence-electron chi connectivity index (χ1n) is 6.65. The van der Waals surface area contributed by atoms with Gasteiger partial charge in [-0.05, 0) is 36.5 Å². The molecule has 1 aliphatic carbocycles. The van der Waals surface area contributed by atoms with E-state index in [1.165, 1.54) is 18.4 Å². The Morgan fingerprint density at radius 2 is 1.78 bits per heavy atom. The van der Waals surface area contributed by atoms with E-state index in [2.05, 4.69) is 50.6 Å². The smallest absolute Gasteiger partial charge is 0.0608 e. The largest absolute Gasteiger partial charge is 0.379 e. The number of benzene rings is 1. The van der Waals surface area contributed by atoms with E-state index in [0.717, 1.165) is 36.7 Å². The van der Waals surface area contributed by atoms with Crippen molar-refractivity contribution in [2.75, 3.05) is 26.3 Å². The highest BCUT2D eigenvalue weighted by Gasteiger charge is 2.31. The fraction of sp³-hybridized carbons (Fsp3) is 0.571. The number of rotatable bonds is 3. The van der Waals surface area contributed by atoms with Gasteiger partial charge in [-0.2, -0.15) is 0 Å². The van der Waals surface area contributed by atoms with E-state index in [1.54, 1.807) is 0 Å². The van der Waals surface area contributed by atoms with Crippen molar-refractivity contribution in [3.05, 3.63) is 34.3 Å². The third-order valence-electron chi connectivity index (χ3n) is 3.86. The Kier molecular flexibility index (Phi) is 3.99. The molecule has 1 aromatic carbocycles. The van der Waals surface area contributed by atoms with Crippen molar-refractivity contribution in [1.29, 1.82) is 0 Å². The van der Waals surface area contributed by atoms with E-state index in [9.17, 15) is 0 Å². The third-order valence-corrected chi connectivity index (χ3v) is 4.38. The Bertz CT molecular complexity index is 383. The lowest BCUT2D eigenvalue weighted by Gasteiger charge is -2.40. The van der Waals surface area contributed by atoms with Crippen LogP contribution in [-0.4, -0.2) is 37.4 Å². The number of hydrogen-bond acceptors (Lipinski definition) is 3. The molecule has 0 atom stereocenters. The van der Waals surface area contributed by atoms with E-state index >= 15 is 0 Å². The van der Waals surface area contributed by atoms with Gasteiger partial charge >= 0.3 is 0 Å². The number of ether oxygens (including phenoxy) is 1. The zero-order chi connectivity index (χ0) is 12.4. The van der Waals surface area contributed by atoms with Gasteiger partial charge in [0.1, 0.15) is 0 Å². The van der Waals surface area contributed by atoms with Crippen molar-refractivity contribution in [1.82, 2.24) is 10.4 Å². The van der Waals surface area contributed by atoms with Crippen LogP contribution in [0.4, 0.5) is 0 Å². The van der Waals surface area contributed by atoms with Crippen LogP contribution in [0.5, 0.6) is 0 Å². The first-order valence-corrected chi connectivity index (χ1v) is 7.45. The first-order chi connectivity index (χ1) is 8.81. The quantitative estimate of drug-likeness (QED) is 0.928. The standard InChI is InChI=1S/C14H19BrN2O/c15-13-3-1-11(2-4-13)12-9-14(10-12)16-17-5-7-18-8-6-17/h1-4,12,14,16H,5-10H2. The minimum absolute atomic E-state index is 0.650. The number of hydrogen-bond donors (Lipinski definition) is 1. The number of nitrogens with zero attached hydrogens (tertiary/aromatic N) is 1. The topological polar surface area (TPSA) is 24.5 Å². The molecule has 0 spiro atoms. The Morgan fingerprint density at radius 1 is 1.11 bits per heavy atom. The van der Waals surface area contributed by atoms with E-state index in [1.807, 2.05) is 0 Å². The van der Waals surface area contributed by atoms with Gasteiger partial charge in [-0.1, -0.05) is 28.1 Å². The van der Waals surface area contributed by atoms with Crippen LogP contribution < -0.4 is 5.43 Å². The number of halogens is 1. The summed E-state index contributed by atoms with van der Waals surface area (Å²) in [6.45, 7) is 3.74. The van der Waals surface area contributed by atoms with Crippen LogP contribution in [-0.2, 0) is 4.74 Å². The molecule has 0 radical (unpaired) electrons. The molecule has 18 heavy (non-hydrogen) atoms. The van der Waals surface area contributed by atoms with Crippen LogP contribution in [0.3, 0.4) is 0 Å². The lowest BCUT2D eigenvalue weighted by molar-refractivity contribution is -0.00620. The molecule has 1 aliphatic heterocycles. The molecule has 1 heterocycles. The van der Waals surface area contributed by atoms with Gasteiger partial charge in [-0.3, -0.25) is 5.43 Å². The minimum Gasteiger partial charge on any atom is -0.379 e. The second kappa shape index (κ2) is 5.70. The molecule has 98 valence electrons. The average Bonchev–Trinajstić information content (AvgIpc) is 2.36. The molecule has 4 heteroatoms. The predicted octanol–water partition coefficient (Wildman–Crippen LogP) is 2.53. The van der Waals surface area contributed by atoms with Crippen LogP contribution in [0.2, 0.25) is 0 Å². The second-order valence-corrected chi connectivity index (χ2v) is 6.06. The van der Waals surface area contributed by atoms with Gasteiger partial charge in [0.15, 0.2) is 0 Å². The lowest BCUT2D eigenvalue weighted by atomic mass is 9.76. The minimum atomic E-state index is 0.650. The summed E-state index contributed by atoms with van der Waals surface area (Å²) in [4.78, 5) is 0. The van der Waals surface area contributed by atoms with Gasteiger partial charge in [0, 0.05) is 23.6 Å². The van der Waals surface area contributed by atoms with Gasteiger partial charge in [-0.15, -0.1) is 0 Å². The van der Waals surface area contributed by atoms with Crippen molar-refractivity contribution >= 4 is 15.9 Å². The highest BCUT2D eigenvalue weighted by Crippen LogP contribution is 2.37. The molecule has 0 aromatic heterocycles. The van der Waals surface area contributed by atoms with Crippen LogP contribution in [0.15, 0.2) is 28.7 Å². The molecular formula is C14H19BrN2O. The van der Waals surface area contributed by atoms with Crippen LogP contribution in [0.25, 0.3) is 0 Å². The maximum Gasteiger partial charge on any atom is 0.0608 e. The molecule has 1 saturated carbocycles. The van der Waals surface area contributed by atoms with Crippen molar-refractivity contribution in [2.45, 2.75) is 24.8 Å². The second-order valence-electron chi connectivity index (χ2n) is 5.15. The zero-order valence-electron chi connectivity index (χ0n) is 10.4. The van der Waals surface area contributed by atoms with Crippen LogP contribution in [0, 0.1) is 0 Å². The fourth-order valence-corrected chi connectivity index (χ4v) is 2.95. The van der Waals surface area contributed by atoms with Gasteiger partial charge in [0.05, 0.1) is 13.2 Å². The van der Waals surface area contributed by atoms with E-state index in [-0.39, 0.29) is 0 Å². The number of hydrazine groups is 1. The summed E-state index contributed by atoms with van der Waals surface area (Å²) in [7, 11) is 0. The van der Waals surface area contributed by atoms with Crippen LogP contribution >= 0.6 is 15.9 Å². The molecule has 2 fully saturated rings. The average molecular weight is 311 g/mol. The predicted molar refractivity (Wildman–Crippen MR) is 75.4 cm³/mol. The molecule has 3 nitrogen and oxygen atoms in total. The van der Waals surface area contributed by atoms with Gasteiger partial charge in [0.25, 0.3) is 0 Å². The fourth-order valence-electron chi connectivity index (χ4n) is 2.68. The summed E-state index contributed by atoms with van der Waals surface area (Å²) in [5, 5.41) is 2.31.